The molecule has 4 fully saturated rings. The molecule has 0 spiro atoms. The lowest BCUT2D eigenvalue weighted by atomic mass is 9.94. The van der Waals surface area contributed by atoms with E-state index in [1.807, 2.05) is 17.0 Å². The highest BCUT2D eigenvalue weighted by Crippen LogP contribution is 2.49. The van der Waals surface area contributed by atoms with Gasteiger partial charge in [-0.25, -0.2) is 0 Å². The van der Waals surface area contributed by atoms with Gasteiger partial charge in [-0.1, -0.05) is 73.1 Å². The molecule has 3 atom stereocenters. The molecule has 2 saturated carbocycles. The van der Waals surface area contributed by atoms with E-state index in [0.29, 0.717) is 12.0 Å². The van der Waals surface area contributed by atoms with E-state index >= 15 is 0 Å². The van der Waals surface area contributed by atoms with Crippen LogP contribution in [0.5, 0.6) is 0 Å². The molecule has 6 rings (SSSR count). The van der Waals surface area contributed by atoms with Crippen LogP contribution < -0.4 is 0 Å². The molecular formula is C32H39ClN2OS2. The van der Waals surface area contributed by atoms with Gasteiger partial charge in [0.25, 0.3) is 5.91 Å². The average Bonchev–Trinajstić information content (AvgIpc) is 3.70. The molecule has 6 heteroatoms. The van der Waals surface area contributed by atoms with E-state index in [4.69, 9.17) is 23.8 Å². The summed E-state index contributed by atoms with van der Waals surface area (Å²) in [4.78, 5) is 19.0. The number of likely N-dealkylation sites (tertiary alicyclic amines) is 1. The maximum absolute atomic E-state index is 13.6. The summed E-state index contributed by atoms with van der Waals surface area (Å²) in [5.74, 6) is 1.58. The second-order valence-corrected chi connectivity index (χ2v) is 14.0. The number of halogens is 1. The third-order valence-corrected chi connectivity index (χ3v) is 11.0. The highest BCUT2D eigenvalue weighted by molar-refractivity contribution is 8.26. The van der Waals surface area contributed by atoms with Gasteiger partial charge in [-0.05, 0) is 130 Å². The summed E-state index contributed by atoms with van der Waals surface area (Å²) in [6, 6.07) is 8.49. The number of allylic oxidation sites excluding steroid dienone is 5. The van der Waals surface area contributed by atoms with E-state index in [1.54, 1.807) is 0 Å². The standard InChI is InChI=1S/C32H39ClN2OS2/c33-28-12-10-23(11-13-28)26-19-24(7-3-1-4-14-34-15-5-2-6-16-34)27(20-26)21-30-31(36)35(32(37)38-30)29-18-22-8-9-25(29)17-22/h10-13,19,21-22,25,29H,1-9,14-18,20H2/b30-21-. The van der Waals surface area contributed by atoms with Crippen molar-refractivity contribution in [3.63, 3.8) is 0 Å². The second kappa shape index (κ2) is 12.0. The lowest BCUT2D eigenvalue weighted by Gasteiger charge is -2.30. The van der Waals surface area contributed by atoms with Crippen LogP contribution in [0.2, 0.25) is 5.02 Å². The zero-order valence-corrected chi connectivity index (χ0v) is 24.7. The number of fused-ring (bicyclic) bond motifs is 2. The van der Waals surface area contributed by atoms with Crippen molar-refractivity contribution in [1.82, 2.24) is 9.80 Å². The number of unbranched alkanes of at least 4 members (excludes halogenated alkanes) is 2. The predicted molar refractivity (Wildman–Crippen MR) is 164 cm³/mol. The zero-order valence-electron chi connectivity index (χ0n) is 22.3. The van der Waals surface area contributed by atoms with Crippen LogP contribution in [0.1, 0.15) is 82.6 Å². The molecule has 3 aliphatic carbocycles. The van der Waals surface area contributed by atoms with Gasteiger partial charge in [0.05, 0.1) is 4.91 Å². The smallest absolute Gasteiger partial charge is 0.266 e. The number of hydrogen-bond donors (Lipinski definition) is 0. The highest BCUT2D eigenvalue weighted by atomic mass is 35.5. The minimum absolute atomic E-state index is 0.144. The molecule has 2 bridgehead atoms. The van der Waals surface area contributed by atoms with Crippen LogP contribution in [0, 0.1) is 11.8 Å². The summed E-state index contributed by atoms with van der Waals surface area (Å²) in [6.45, 7) is 3.80. The van der Waals surface area contributed by atoms with Crippen LogP contribution in [0.15, 0.2) is 52.5 Å². The molecule has 3 nitrogen and oxygen atoms in total. The zero-order chi connectivity index (χ0) is 26.1. The topological polar surface area (TPSA) is 23.6 Å². The SMILES string of the molecule is O=C1/C(=C/C2=C(CCCCCN3CCCCC3)C=C(c3ccc(Cl)cc3)C2)SC(=S)N1C1CC2CCC1C2. The number of nitrogens with zero attached hydrogens (tertiary/aromatic N) is 2. The number of amides is 1. The van der Waals surface area contributed by atoms with Crippen molar-refractivity contribution in [1.29, 1.82) is 0 Å². The molecule has 202 valence electrons. The largest absolute Gasteiger partial charge is 0.303 e. The molecule has 2 saturated heterocycles. The van der Waals surface area contributed by atoms with Gasteiger partial charge in [0.2, 0.25) is 0 Å². The number of rotatable bonds is 9. The Hall–Kier alpha value is -1.40. The van der Waals surface area contributed by atoms with Gasteiger partial charge in [0, 0.05) is 11.1 Å². The lowest BCUT2D eigenvalue weighted by molar-refractivity contribution is -0.124. The Kier molecular flexibility index (Phi) is 8.46. The van der Waals surface area contributed by atoms with Gasteiger partial charge in [-0.3, -0.25) is 9.69 Å². The third kappa shape index (κ3) is 5.87. The van der Waals surface area contributed by atoms with Crippen molar-refractivity contribution in [3.05, 3.63) is 63.1 Å². The Morgan fingerprint density at radius 3 is 2.58 bits per heavy atom. The minimum Gasteiger partial charge on any atom is -0.303 e. The summed E-state index contributed by atoms with van der Waals surface area (Å²) in [7, 11) is 0. The van der Waals surface area contributed by atoms with Crippen LogP contribution in [-0.4, -0.2) is 45.7 Å². The summed E-state index contributed by atoms with van der Waals surface area (Å²) >= 11 is 13.4. The first kappa shape index (κ1) is 26.8. The molecule has 1 amide bonds. The molecular weight excluding hydrogens is 528 g/mol. The third-order valence-electron chi connectivity index (χ3n) is 9.39. The van der Waals surface area contributed by atoms with Crippen molar-refractivity contribution in [3.8, 4) is 0 Å². The van der Waals surface area contributed by atoms with Gasteiger partial charge in [0.1, 0.15) is 4.32 Å². The van der Waals surface area contributed by atoms with E-state index < -0.39 is 0 Å². The number of hydrogen-bond acceptors (Lipinski definition) is 4. The molecule has 2 aliphatic heterocycles. The first-order chi connectivity index (χ1) is 18.5. The maximum Gasteiger partial charge on any atom is 0.266 e. The molecule has 0 radical (unpaired) electrons. The van der Waals surface area contributed by atoms with Crippen LogP contribution in [0.4, 0.5) is 0 Å². The Labute approximate surface area is 242 Å². The van der Waals surface area contributed by atoms with Gasteiger partial charge in [-0.15, -0.1) is 0 Å². The molecule has 1 aromatic carbocycles. The molecule has 2 heterocycles. The van der Waals surface area contributed by atoms with Crippen LogP contribution in [0.25, 0.3) is 5.57 Å². The molecule has 38 heavy (non-hydrogen) atoms. The first-order valence-corrected chi connectivity index (χ1v) is 16.3. The van der Waals surface area contributed by atoms with Crippen LogP contribution >= 0.6 is 35.6 Å². The van der Waals surface area contributed by atoms with Gasteiger partial charge < -0.3 is 4.90 Å². The Bertz CT molecular complexity index is 1160. The number of carbonyl (C=O) groups excluding carboxylic acids is 1. The van der Waals surface area contributed by atoms with E-state index in [1.165, 1.54) is 111 Å². The van der Waals surface area contributed by atoms with Gasteiger partial charge in [-0.2, -0.15) is 0 Å². The Morgan fingerprint density at radius 2 is 1.84 bits per heavy atom. The summed E-state index contributed by atoms with van der Waals surface area (Å²) in [5, 5.41) is 0.763. The van der Waals surface area contributed by atoms with Gasteiger partial charge in [0.15, 0.2) is 0 Å². The van der Waals surface area contributed by atoms with Crippen molar-refractivity contribution in [2.24, 2.45) is 11.8 Å². The van der Waals surface area contributed by atoms with Crippen molar-refractivity contribution < 1.29 is 4.79 Å². The van der Waals surface area contributed by atoms with Crippen molar-refractivity contribution >= 4 is 51.4 Å². The first-order valence-electron chi connectivity index (χ1n) is 14.7. The molecule has 5 aliphatic rings. The second-order valence-electron chi connectivity index (χ2n) is 11.9. The number of carbonyl (C=O) groups is 1. The number of thioether (sulfide) groups is 1. The molecule has 0 aromatic heterocycles. The Balaban J connectivity index is 1.15. The van der Waals surface area contributed by atoms with E-state index in [2.05, 4.69) is 29.2 Å². The lowest BCUT2D eigenvalue weighted by Crippen LogP contribution is -2.41. The average molecular weight is 567 g/mol. The number of piperidine rings is 1. The predicted octanol–water partition coefficient (Wildman–Crippen LogP) is 8.40. The highest BCUT2D eigenvalue weighted by Gasteiger charge is 2.48. The normalized spacial score (nSPS) is 28.9. The molecule has 3 unspecified atom stereocenters. The summed E-state index contributed by atoms with van der Waals surface area (Å²) in [5.41, 5.74) is 5.22. The van der Waals surface area contributed by atoms with Gasteiger partial charge >= 0.3 is 0 Å². The van der Waals surface area contributed by atoms with Crippen molar-refractivity contribution in [2.45, 2.75) is 83.1 Å². The fourth-order valence-corrected chi connectivity index (χ4v) is 8.87. The monoisotopic (exact) mass is 566 g/mol. The fraction of sp³-hybridized carbons (Fsp3) is 0.562. The summed E-state index contributed by atoms with van der Waals surface area (Å²) in [6.07, 6.45) is 19.3. The van der Waals surface area contributed by atoms with Crippen LogP contribution in [0.3, 0.4) is 0 Å². The summed E-state index contributed by atoms with van der Waals surface area (Å²) < 4.78 is 0.766. The number of thiocarbonyl (C=S) groups is 1. The van der Waals surface area contributed by atoms with Crippen molar-refractivity contribution in [2.75, 3.05) is 19.6 Å². The molecule has 0 N–H and O–H groups in total. The maximum atomic E-state index is 13.6. The fourth-order valence-electron chi connectivity index (χ4n) is 7.36. The Morgan fingerprint density at radius 1 is 1.03 bits per heavy atom. The van der Waals surface area contributed by atoms with E-state index in [0.717, 1.165) is 39.4 Å². The van der Waals surface area contributed by atoms with E-state index in [9.17, 15) is 4.79 Å². The molecule has 1 aromatic rings. The minimum atomic E-state index is 0.144. The number of benzene rings is 1. The quantitative estimate of drug-likeness (QED) is 0.170. The van der Waals surface area contributed by atoms with E-state index in [-0.39, 0.29) is 5.91 Å². The van der Waals surface area contributed by atoms with Crippen LogP contribution in [-0.2, 0) is 4.79 Å².